The van der Waals surface area contributed by atoms with Gasteiger partial charge in [0.15, 0.2) is 0 Å². The largest absolute Gasteiger partial charge is 0.481 e. The molecule has 1 amide bonds. The second-order valence-corrected chi connectivity index (χ2v) is 9.28. The van der Waals surface area contributed by atoms with E-state index in [1.807, 2.05) is 0 Å². The van der Waals surface area contributed by atoms with Gasteiger partial charge < -0.3 is 10.0 Å². The molecule has 27 heavy (non-hydrogen) atoms. The van der Waals surface area contributed by atoms with Gasteiger partial charge in [-0.15, -0.1) is 0 Å². The van der Waals surface area contributed by atoms with Gasteiger partial charge >= 0.3 is 5.97 Å². The highest BCUT2D eigenvalue weighted by Gasteiger charge is 2.27. The van der Waals surface area contributed by atoms with Crippen LogP contribution in [0.15, 0.2) is 29.2 Å². The number of amides is 1. The van der Waals surface area contributed by atoms with Gasteiger partial charge in [-0.3, -0.25) is 9.59 Å². The average Bonchev–Trinajstić information content (AvgIpc) is 3.49. The van der Waals surface area contributed by atoms with Crippen molar-refractivity contribution >= 4 is 21.9 Å². The maximum Gasteiger partial charge on any atom is 0.303 e. The lowest BCUT2D eigenvalue weighted by molar-refractivity contribution is -0.137. The minimum absolute atomic E-state index is 0.104. The van der Waals surface area contributed by atoms with Gasteiger partial charge in [0.2, 0.25) is 10.0 Å². The second-order valence-electron chi connectivity index (χ2n) is 7.51. The molecule has 7 nitrogen and oxygen atoms in total. The van der Waals surface area contributed by atoms with Gasteiger partial charge in [-0.1, -0.05) is 6.07 Å². The highest BCUT2D eigenvalue weighted by atomic mass is 32.2. The summed E-state index contributed by atoms with van der Waals surface area (Å²) >= 11 is 0. The molecule has 1 atom stereocenters. The number of hydrogen-bond donors (Lipinski definition) is 2. The van der Waals surface area contributed by atoms with E-state index in [9.17, 15) is 18.0 Å². The number of rotatable bonds is 8. The first-order chi connectivity index (χ1) is 12.8. The van der Waals surface area contributed by atoms with E-state index in [2.05, 4.69) is 4.72 Å². The van der Waals surface area contributed by atoms with Crippen LogP contribution in [0, 0.1) is 11.8 Å². The third kappa shape index (κ3) is 5.52. The number of carboxylic acid groups (broad SMARTS) is 1. The zero-order chi connectivity index (χ0) is 19.4. The van der Waals surface area contributed by atoms with Crippen LogP contribution in [-0.2, 0) is 14.8 Å². The molecule has 0 spiro atoms. The predicted molar refractivity (Wildman–Crippen MR) is 99.9 cm³/mol. The molecule has 1 heterocycles. The molecule has 0 aromatic heterocycles. The van der Waals surface area contributed by atoms with Crippen LogP contribution >= 0.6 is 0 Å². The monoisotopic (exact) mass is 394 g/mol. The van der Waals surface area contributed by atoms with Crippen LogP contribution < -0.4 is 4.72 Å². The van der Waals surface area contributed by atoms with Gasteiger partial charge in [0.05, 0.1) is 4.90 Å². The van der Waals surface area contributed by atoms with Crippen LogP contribution in [0.2, 0.25) is 0 Å². The molecule has 1 aromatic rings. The smallest absolute Gasteiger partial charge is 0.303 e. The first-order valence-corrected chi connectivity index (χ1v) is 10.9. The maximum absolute atomic E-state index is 12.8. The lowest BCUT2D eigenvalue weighted by Gasteiger charge is -2.32. The summed E-state index contributed by atoms with van der Waals surface area (Å²) in [5, 5.41) is 8.84. The number of hydrogen-bond acceptors (Lipinski definition) is 4. The SMILES string of the molecule is O=C(O)CCC1CCCN(C(=O)c2cccc(S(=O)(=O)NCC3CC3)c2)C1. The molecule has 3 rings (SSSR count). The molecular weight excluding hydrogens is 368 g/mol. The summed E-state index contributed by atoms with van der Waals surface area (Å²) in [7, 11) is -3.62. The Morgan fingerprint density at radius 3 is 2.67 bits per heavy atom. The molecule has 1 saturated carbocycles. The van der Waals surface area contributed by atoms with Crippen molar-refractivity contribution in [2.24, 2.45) is 11.8 Å². The number of benzene rings is 1. The molecule has 8 heteroatoms. The van der Waals surface area contributed by atoms with Crippen LogP contribution in [0.25, 0.3) is 0 Å². The molecule has 2 aliphatic rings. The van der Waals surface area contributed by atoms with Crippen molar-refractivity contribution < 1.29 is 23.1 Å². The summed E-state index contributed by atoms with van der Waals surface area (Å²) in [6, 6.07) is 6.14. The number of carbonyl (C=O) groups excluding carboxylic acids is 1. The molecule has 1 saturated heterocycles. The van der Waals surface area contributed by atoms with E-state index in [1.54, 1.807) is 17.0 Å². The van der Waals surface area contributed by atoms with Crippen molar-refractivity contribution in [3.05, 3.63) is 29.8 Å². The van der Waals surface area contributed by atoms with Crippen LogP contribution in [0.5, 0.6) is 0 Å². The summed E-state index contributed by atoms with van der Waals surface area (Å²) in [5.74, 6) is -0.420. The highest BCUT2D eigenvalue weighted by molar-refractivity contribution is 7.89. The molecule has 1 unspecified atom stereocenters. The lowest BCUT2D eigenvalue weighted by atomic mass is 9.93. The molecular formula is C19H26N2O5S. The third-order valence-electron chi connectivity index (χ3n) is 5.22. The zero-order valence-corrected chi connectivity index (χ0v) is 16.1. The summed E-state index contributed by atoms with van der Waals surface area (Å²) in [6.45, 7) is 1.57. The number of nitrogens with one attached hydrogen (secondary N) is 1. The van der Waals surface area contributed by atoms with E-state index in [1.165, 1.54) is 12.1 Å². The fourth-order valence-corrected chi connectivity index (χ4v) is 4.59. The van der Waals surface area contributed by atoms with Gasteiger partial charge in [0.25, 0.3) is 5.91 Å². The summed E-state index contributed by atoms with van der Waals surface area (Å²) < 4.78 is 27.5. The molecule has 2 fully saturated rings. The van der Waals surface area contributed by atoms with Crippen molar-refractivity contribution in [3.63, 3.8) is 0 Å². The standard InChI is InChI=1S/C19H26N2O5S/c22-18(23)9-8-15-3-2-10-21(13-15)19(24)16-4-1-5-17(11-16)27(25,26)20-12-14-6-7-14/h1,4-5,11,14-15,20H,2-3,6-10,12-13H2,(H,22,23). The number of aliphatic carboxylic acids is 1. The van der Waals surface area contributed by atoms with Gasteiger partial charge in [-0.2, -0.15) is 0 Å². The second kappa shape index (κ2) is 8.39. The zero-order valence-electron chi connectivity index (χ0n) is 15.3. The van der Waals surface area contributed by atoms with Gasteiger partial charge in [-0.05, 0) is 62.1 Å². The first-order valence-electron chi connectivity index (χ1n) is 9.46. The number of carboxylic acids is 1. The van der Waals surface area contributed by atoms with E-state index in [-0.39, 0.29) is 23.1 Å². The van der Waals surface area contributed by atoms with Crippen molar-refractivity contribution in [2.75, 3.05) is 19.6 Å². The Kier molecular flexibility index (Phi) is 6.16. The van der Waals surface area contributed by atoms with E-state index in [4.69, 9.17) is 5.11 Å². The summed E-state index contributed by atoms with van der Waals surface area (Å²) in [5.41, 5.74) is 0.350. The lowest BCUT2D eigenvalue weighted by Crippen LogP contribution is -2.40. The number of nitrogens with zero attached hydrogens (tertiary/aromatic N) is 1. The third-order valence-corrected chi connectivity index (χ3v) is 6.64. The topological polar surface area (TPSA) is 104 Å². The van der Waals surface area contributed by atoms with Crippen molar-refractivity contribution in [1.29, 1.82) is 0 Å². The summed E-state index contributed by atoms with van der Waals surface area (Å²) in [6.07, 6.45) is 4.51. The quantitative estimate of drug-likeness (QED) is 0.703. The molecule has 1 aliphatic carbocycles. The average molecular weight is 394 g/mol. The predicted octanol–water partition coefficient (Wildman–Crippen LogP) is 2.09. The number of sulfonamides is 1. The van der Waals surface area contributed by atoms with Crippen LogP contribution in [0.4, 0.5) is 0 Å². The van der Waals surface area contributed by atoms with Crippen LogP contribution in [-0.4, -0.2) is 49.9 Å². The molecule has 1 aliphatic heterocycles. The molecule has 1 aromatic carbocycles. The van der Waals surface area contributed by atoms with Crippen molar-refractivity contribution in [3.8, 4) is 0 Å². The van der Waals surface area contributed by atoms with Gasteiger partial charge in [0, 0.05) is 31.6 Å². The Bertz CT molecular complexity index is 804. The van der Waals surface area contributed by atoms with Gasteiger partial charge in [-0.25, -0.2) is 13.1 Å². The van der Waals surface area contributed by atoms with Crippen molar-refractivity contribution in [1.82, 2.24) is 9.62 Å². The maximum atomic E-state index is 12.8. The molecule has 2 N–H and O–H groups in total. The Balaban J connectivity index is 1.66. The number of likely N-dealkylation sites (tertiary alicyclic amines) is 1. The normalized spacial score (nSPS) is 20.4. The molecule has 0 radical (unpaired) electrons. The van der Waals surface area contributed by atoms with E-state index >= 15 is 0 Å². The molecule has 148 valence electrons. The van der Waals surface area contributed by atoms with E-state index < -0.39 is 16.0 Å². The van der Waals surface area contributed by atoms with Crippen LogP contribution in [0.3, 0.4) is 0 Å². The van der Waals surface area contributed by atoms with Gasteiger partial charge in [0.1, 0.15) is 0 Å². The molecule has 0 bridgehead atoms. The van der Waals surface area contributed by atoms with E-state index in [0.29, 0.717) is 37.5 Å². The van der Waals surface area contributed by atoms with Crippen molar-refractivity contribution in [2.45, 2.75) is 43.4 Å². The first kappa shape index (κ1) is 19.8. The minimum atomic E-state index is -3.62. The van der Waals surface area contributed by atoms with E-state index in [0.717, 1.165) is 25.7 Å². The Labute approximate surface area is 159 Å². The Morgan fingerprint density at radius 2 is 1.96 bits per heavy atom. The Hall–Kier alpha value is -1.93. The highest BCUT2D eigenvalue weighted by Crippen LogP contribution is 2.28. The summed E-state index contributed by atoms with van der Waals surface area (Å²) in [4.78, 5) is 25.4. The fraction of sp³-hybridized carbons (Fsp3) is 0.579. The van der Waals surface area contributed by atoms with Crippen LogP contribution in [0.1, 0.15) is 48.9 Å². The fourth-order valence-electron chi connectivity index (χ4n) is 3.42. The number of carbonyl (C=O) groups is 2. The Morgan fingerprint density at radius 1 is 1.19 bits per heavy atom. The minimum Gasteiger partial charge on any atom is -0.481 e. The number of piperidine rings is 1.